The number of benzene rings is 2. The summed E-state index contributed by atoms with van der Waals surface area (Å²) in [5.41, 5.74) is 0.937. The highest BCUT2D eigenvalue weighted by Crippen LogP contribution is 2.26. The van der Waals surface area contributed by atoms with Crippen LogP contribution in [0.25, 0.3) is 0 Å². The van der Waals surface area contributed by atoms with Crippen LogP contribution >= 0.6 is 0 Å². The number of halogens is 1. The van der Waals surface area contributed by atoms with Crippen LogP contribution < -0.4 is 15.4 Å². The maximum absolute atomic E-state index is 13.5. The van der Waals surface area contributed by atoms with Crippen LogP contribution in [0.2, 0.25) is 0 Å². The molecule has 2 aromatic rings. The molecule has 0 aromatic heterocycles. The molecule has 2 aromatic carbocycles. The second kappa shape index (κ2) is 10.6. The van der Waals surface area contributed by atoms with Gasteiger partial charge in [-0.05, 0) is 49.2 Å². The average molecular weight is 444 g/mol. The number of amides is 2. The summed E-state index contributed by atoms with van der Waals surface area (Å²) in [5, 5.41) is 6.16. The van der Waals surface area contributed by atoms with Crippen LogP contribution in [0.1, 0.15) is 34.6 Å². The Kier molecular flexibility index (Phi) is 7.82. The highest BCUT2D eigenvalue weighted by atomic mass is 19.1. The zero-order valence-electron chi connectivity index (χ0n) is 18.9. The van der Waals surface area contributed by atoms with Gasteiger partial charge in [0.15, 0.2) is 0 Å². The van der Waals surface area contributed by atoms with Crippen LogP contribution in [0.3, 0.4) is 0 Å². The first-order valence-electron chi connectivity index (χ1n) is 10.6. The third-order valence-corrected chi connectivity index (χ3v) is 5.57. The fraction of sp³-hybridized carbons (Fsp3) is 0.417. The molecule has 2 amide bonds. The molecule has 3 atom stereocenters. The number of carbonyl (C=O) groups is 2. The Morgan fingerprint density at radius 3 is 2.75 bits per heavy atom. The number of likely N-dealkylation sites (N-methyl/N-ethyl adjacent to an activating group) is 1. The van der Waals surface area contributed by atoms with E-state index in [1.807, 2.05) is 6.92 Å². The van der Waals surface area contributed by atoms with Gasteiger partial charge in [0.25, 0.3) is 11.8 Å². The monoisotopic (exact) mass is 443 g/mol. The summed E-state index contributed by atoms with van der Waals surface area (Å²) in [6, 6.07) is 10.4. The van der Waals surface area contributed by atoms with Gasteiger partial charge in [-0.3, -0.25) is 9.59 Å². The quantitative estimate of drug-likeness (QED) is 0.762. The second-order valence-electron chi connectivity index (χ2n) is 8.23. The highest BCUT2D eigenvalue weighted by Gasteiger charge is 2.25. The van der Waals surface area contributed by atoms with Gasteiger partial charge in [0, 0.05) is 44.5 Å². The van der Waals surface area contributed by atoms with E-state index < -0.39 is 11.7 Å². The lowest BCUT2D eigenvalue weighted by molar-refractivity contribution is 0.0281. The van der Waals surface area contributed by atoms with E-state index in [0.717, 1.165) is 12.6 Å². The maximum atomic E-state index is 13.5. The Labute approximate surface area is 187 Å². The number of nitrogens with zero attached hydrogens (tertiary/aromatic N) is 1. The van der Waals surface area contributed by atoms with Gasteiger partial charge in [0.05, 0.1) is 11.7 Å². The van der Waals surface area contributed by atoms with Crippen LogP contribution in [0.4, 0.5) is 10.1 Å². The molecule has 1 aliphatic heterocycles. The van der Waals surface area contributed by atoms with E-state index in [4.69, 9.17) is 9.47 Å². The minimum Gasteiger partial charge on any atom is -0.491 e. The van der Waals surface area contributed by atoms with E-state index in [-0.39, 0.29) is 29.5 Å². The van der Waals surface area contributed by atoms with Gasteiger partial charge < -0.3 is 25.0 Å². The zero-order valence-corrected chi connectivity index (χ0v) is 18.9. The summed E-state index contributed by atoms with van der Waals surface area (Å²) in [4.78, 5) is 27.4. The molecule has 1 heterocycles. The van der Waals surface area contributed by atoms with Gasteiger partial charge in [-0.2, -0.15) is 0 Å². The molecular formula is C24H30FN3O4. The highest BCUT2D eigenvalue weighted by molar-refractivity contribution is 6.05. The number of anilines is 1. The van der Waals surface area contributed by atoms with Gasteiger partial charge in [-0.25, -0.2) is 4.39 Å². The Hall–Kier alpha value is -2.97. The van der Waals surface area contributed by atoms with Crippen molar-refractivity contribution in [3.63, 3.8) is 0 Å². The van der Waals surface area contributed by atoms with Crippen LogP contribution in [-0.2, 0) is 4.74 Å². The van der Waals surface area contributed by atoms with Crippen LogP contribution in [-0.4, -0.2) is 62.7 Å². The fourth-order valence-electron chi connectivity index (χ4n) is 3.57. The summed E-state index contributed by atoms with van der Waals surface area (Å²) in [6.45, 7) is 5.62. The Bertz CT molecular complexity index is 968. The van der Waals surface area contributed by atoms with E-state index in [1.165, 1.54) is 18.2 Å². The molecule has 0 unspecified atom stereocenters. The van der Waals surface area contributed by atoms with Crippen LogP contribution in [0, 0.1) is 11.7 Å². The minimum absolute atomic E-state index is 0.0717. The van der Waals surface area contributed by atoms with Gasteiger partial charge in [-0.1, -0.05) is 13.0 Å². The van der Waals surface area contributed by atoms with Crippen molar-refractivity contribution in [3.8, 4) is 5.75 Å². The average Bonchev–Trinajstić information content (AvgIpc) is 2.78. The molecule has 0 fully saturated rings. The van der Waals surface area contributed by atoms with E-state index in [0.29, 0.717) is 30.2 Å². The summed E-state index contributed by atoms with van der Waals surface area (Å²) < 4.78 is 25.0. The van der Waals surface area contributed by atoms with Crippen molar-refractivity contribution in [2.75, 3.05) is 39.2 Å². The molecule has 0 spiro atoms. The smallest absolute Gasteiger partial charge is 0.257 e. The zero-order chi connectivity index (χ0) is 23.3. The van der Waals surface area contributed by atoms with Crippen molar-refractivity contribution in [1.82, 2.24) is 10.2 Å². The third kappa shape index (κ3) is 5.83. The predicted molar refractivity (Wildman–Crippen MR) is 121 cm³/mol. The lowest BCUT2D eigenvalue weighted by atomic mass is 10.0. The molecule has 0 radical (unpaired) electrons. The van der Waals surface area contributed by atoms with E-state index in [2.05, 4.69) is 17.6 Å². The predicted octanol–water partition coefficient (Wildman–Crippen LogP) is 3.17. The molecule has 8 heteroatoms. The lowest BCUT2D eigenvalue weighted by Gasteiger charge is -2.30. The number of nitrogens with one attached hydrogen (secondary N) is 2. The van der Waals surface area contributed by atoms with Crippen molar-refractivity contribution in [3.05, 3.63) is 59.4 Å². The van der Waals surface area contributed by atoms with Gasteiger partial charge in [-0.15, -0.1) is 0 Å². The number of rotatable bonds is 3. The number of fused-ring (bicyclic) bond motifs is 1. The number of carbonyl (C=O) groups excluding carboxylic acids is 2. The molecule has 0 saturated heterocycles. The first-order valence-corrected chi connectivity index (χ1v) is 10.6. The molecule has 7 nitrogen and oxygen atoms in total. The van der Waals surface area contributed by atoms with E-state index in [9.17, 15) is 14.0 Å². The van der Waals surface area contributed by atoms with Crippen molar-refractivity contribution in [2.45, 2.75) is 26.0 Å². The summed E-state index contributed by atoms with van der Waals surface area (Å²) in [6.07, 6.45) is -0.136. The summed E-state index contributed by atoms with van der Waals surface area (Å²) in [5.74, 6) is -0.581. The normalized spacial score (nSPS) is 22.2. The first-order chi connectivity index (χ1) is 15.3. The van der Waals surface area contributed by atoms with E-state index >= 15 is 0 Å². The number of hydrogen-bond acceptors (Lipinski definition) is 5. The summed E-state index contributed by atoms with van der Waals surface area (Å²) >= 11 is 0. The molecule has 0 saturated carbocycles. The Morgan fingerprint density at radius 2 is 2.03 bits per heavy atom. The minimum atomic E-state index is -0.495. The van der Waals surface area contributed by atoms with Gasteiger partial charge in [0.2, 0.25) is 0 Å². The molecule has 2 N–H and O–H groups in total. The van der Waals surface area contributed by atoms with Crippen LogP contribution in [0.5, 0.6) is 5.75 Å². The van der Waals surface area contributed by atoms with Crippen molar-refractivity contribution >= 4 is 17.5 Å². The van der Waals surface area contributed by atoms with Crippen molar-refractivity contribution < 1.29 is 23.5 Å². The van der Waals surface area contributed by atoms with Crippen molar-refractivity contribution in [2.24, 2.45) is 5.92 Å². The molecule has 172 valence electrons. The molecule has 0 aliphatic carbocycles. The first kappa shape index (κ1) is 23.7. The Balaban J connectivity index is 1.89. The van der Waals surface area contributed by atoms with Gasteiger partial charge >= 0.3 is 0 Å². The number of methoxy groups -OCH3 is 1. The van der Waals surface area contributed by atoms with Gasteiger partial charge in [0.1, 0.15) is 18.2 Å². The fourth-order valence-corrected chi connectivity index (χ4v) is 3.57. The molecular weight excluding hydrogens is 413 g/mol. The third-order valence-electron chi connectivity index (χ3n) is 5.57. The molecule has 32 heavy (non-hydrogen) atoms. The number of ether oxygens (including phenoxy) is 2. The second-order valence-corrected chi connectivity index (χ2v) is 8.23. The van der Waals surface area contributed by atoms with Crippen LogP contribution in [0.15, 0.2) is 42.5 Å². The maximum Gasteiger partial charge on any atom is 0.257 e. The SMILES string of the molecule is CO[C@H]1CN(C)C(=O)c2cc(NC(=O)c3cccc(F)c3)ccc2OC[C@H](C)NC[C@H]1C. The molecule has 1 aliphatic rings. The number of hydrogen-bond donors (Lipinski definition) is 2. The largest absolute Gasteiger partial charge is 0.491 e. The molecule has 3 rings (SSSR count). The lowest BCUT2D eigenvalue weighted by Crippen LogP contribution is -2.44. The topological polar surface area (TPSA) is 79.9 Å². The van der Waals surface area contributed by atoms with Crippen molar-refractivity contribution in [1.29, 1.82) is 0 Å². The summed E-state index contributed by atoms with van der Waals surface area (Å²) in [7, 11) is 3.36. The Morgan fingerprint density at radius 1 is 1.25 bits per heavy atom. The van der Waals surface area contributed by atoms with E-state index in [1.54, 1.807) is 37.3 Å². The standard InChI is InChI=1S/C24H30FN3O4/c1-15-12-26-16(2)14-32-21-9-8-19(27-23(29)17-6-5-7-18(25)10-17)11-20(21)24(30)28(3)13-22(15)31-4/h5-11,15-16,22,26H,12-14H2,1-4H3,(H,27,29)/t15-,16+,22+/m1/s1. The molecule has 0 bridgehead atoms.